The molecule has 158 valence electrons. The molecule has 0 spiro atoms. The van der Waals surface area contributed by atoms with Gasteiger partial charge in [0.1, 0.15) is 0 Å². The number of aryl methyl sites for hydroxylation is 3. The van der Waals surface area contributed by atoms with Crippen LogP contribution < -0.4 is 9.62 Å². The molecular formula is C25H24N2O3S. The van der Waals surface area contributed by atoms with Crippen LogP contribution in [0.1, 0.15) is 32.6 Å². The molecule has 0 bridgehead atoms. The molecule has 0 aromatic heterocycles. The van der Waals surface area contributed by atoms with E-state index in [2.05, 4.69) is 5.32 Å². The molecule has 1 aliphatic rings. The van der Waals surface area contributed by atoms with Crippen LogP contribution in [-0.2, 0) is 16.6 Å². The van der Waals surface area contributed by atoms with Crippen molar-refractivity contribution in [3.05, 3.63) is 106 Å². The Morgan fingerprint density at radius 2 is 1.58 bits per heavy atom. The van der Waals surface area contributed by atoms with Crippen molar-refractivity contribution in [2.45, 2.75) is 27.3 Å². The Labute approximate surface area is 183 Å². The van der Waals surface area contributed by atoms with E-state index in [9.17, 15) is 13.2 Å². The first-order valence-corrected chi connectivity index (χ1v) is 11.5. The van der Waals surface area contributed by atoms with Gasteiger partial charge in [0.05, 0.1) is 12.2 Å². The monoisotopic (exact) mass is 432 g/mol. The lowest BCUT2D eigenvalue weighted by Gasteiger charge is -2.31. The molecule has 6 heteroatoms. The molecule has 31 heavy (non-hydrogen) atoms. The zero-order valence-electron chi connectivity index (χ0n) is 17.7. The molecule has 0 unspecified atom stereocenters. The van der Waals surface area contributed by atoms with Gasteiger partial charge in [-0.3, -0.25) is 9.10 Å². The van der Waals surface area contributed by atoms with E-state index in [4.69, 9.17) is 0 Å². The molecule has 3 aromatic carbocycles. The summed E-state index contributed by atoms with van der Waals surface area (Å²) >= 11 is 0. The number of carbonyl (C=O) groups excluding carboxylic acids is 1. The smallest absolute Gasteiger partial charge is 0.270 e. The Hall–Kier alpha value is -3.38. The number of carbonyl (C=O) groups is 1. The van der Waals surface area contributed by atoms with Crippen LogP contribution in [-0.4, -0.2) is 14.2 Å². The molecule has 4 rings (SSSR count). The van der Waals surface area contributed by atoms with E-state index in [0.717, 1.165) is 27.9 Å². The fourth-order valence-corrected chi connectivity index (χ4v) is 5.40. The van der Waals surface area contributed by atoms with Crippen LogP contribution in [0.5, 0.6) is 0 Å². The fourth-order valence-electron chi connectivity index (χ4n) is 3.87. The summed E-state index contributed by atoms with van der Waals surface area (Å²) in [6.45, 7) is 6.04. The van der Waals surface area contributed by atoms with Crippen LogP contribution >= 0.6 is 0 Å². The van der Waals surface area contributed by atoms with Gasteiger partial charge in [-0.15, -0.1) is 0 Å². The zero-order chi connectivity index (χ0) is 22.2. The molecule has 0 saturated carbocycles. The standard InChI is InChI=1S/C25H24N2O3S/c1-17-7-6-8-20(12-17)16-27-23-10-5-4-9-22(23)25(28)24(31(27,29)30)15-26-21-13-18(2)11-19(3)14-21/h4-15,26H,16H2,1-3H3/b24-15+. The fraction of sp³-hybridized carbons (Fsp3) is 0.160. The molecule has 0 fully saturated rings. The highest BCUT2D eigenvalue weighted by Crippen LogP contribution is 2.36. The quantitative estimate of drug-likeness (QED) is 0.583. The predicted octanol–water partition coefficient (Wildman–Crippen LogP) is 5.10. The number of sulfonamides is 1. The maximum Gasteiger partial charge on any atom is 0.270 e. The number of para-hydroxylation sites is 1. The van der Waals surface area contributed by atoms with Crippen LogP contribution in [0.2, 0.25) is 0 Å². The van der Waals surface area contributed by atoms with Gasteiger partial charge in [0.2, 0.25) is 5.78 Å². The van der Waals surface area contributed by atoms with Gasteiger partial charge in [0.15, 0.2) is 4.91 Å². The van der Waals surface area contributed by atoms with Crippen molar-refractivity contribution in [2.24, 2.45) is 0 Å². The summed E-state index contributed by atoms with van der Waals surface area (Å²) in [7, 11) is -4.05. The molecular weight excluding hydrogens is 408 g/mol. The molecule has 0 amide bonds. The molecule has 1 aliphatic heterocycles. The number of rotatable bonds is 4. The normalized spacial score (nSPS) is 16.3. The van der Waals surface area contributed by atoms with Crippen LogP contribution in [0.25, 0.3) is 0 Å². The Bertz CT molecular complexity index is 1290. The van der Waals surface area contributed by atoms with Crippen molar-refractivity contribution < 1.29 is 13.2 Å². The van der Waals surface area contributed by atoms with Crippen LogP contribution in [0.4, 0.5) is 11.4 Å². The average molecular weight is 433 g/mol. The molecule has 1 N–H and O–H groups in total. The third-order valence-corrected chi connectivity index (χ3v) is 6.97. The lowest BCUT2D eigenvalue weighted by Crippen LogP contribution is -2.39. The molecule has 0 aliphatic carbocycles. The number of anilines is 2. The topological polar surface area (TPSA) is 66.5 Å². The van der Waals surface area contributed by atoms with Crippen LogP contribution in [0.15, 0.2) is 77.8 Å². The second-order valence-electron chi connectivity index (χ2n) is 7.88. The first-order chi connectivity index (χ1) is 14.8. The summed E-state index contributed by atoms with van der Waals surface area (Å²) in [6.07, 6.45) is 1.31. The first-order valence-electron chi connectivity index (χ1n) is 10.0. The molecule has 0 atom stereocenters. The van der Waals surface area contributed by atoms with Crippen LogP contribution in [0.3, 0.4) is 0 Å². The maximum atomic E-state index is 13.5. The molecule has 3 aromatic rings. The van der Waals surface area contributed by atoms with Gasteiger partial charge < -0.3 is 5.32 Å². The number of ketones is 1. The van der Waals surface area contributed by atoms with Gasteiger partial charge in [-0.1, -0.05) is 48.0 Å². The summed E-state index contributed by atoms with van der Waals surface area (Å²) in [6, 6.07) is 20.4. The van der Waals surface area contributed by atoms with E-state index in [-0.39, 0.29) is 11.4 Å². The van der Waals surface area contributed by atoms with E-state index in [1.807, 2.05) is 63.2 Å². The summed E-state index contributed by atoms with van der Waals surface area (Å²) < 4.78 is 28.4. The Morgan fingerprint density at radius 1 is 0.871 bits per heavy atom. The molecule has 1 heterocycles. The highest BCUT2D eigenvalue weighted by atomic mass is 32.2. The SMILES string of the molecule is Cc1cccc(CN2c3ccccc3C(=O)/C(=C\Nc3cc(C)cc(C)c3)S2(=O)=O)c1. The van der Waals surface area contributed by atoms with Crippen molar-refractivity contribution in [3.8, 4) is 0 Å². The number of fused-ring (bicyclic) bond motifs is 1. The Kier molecular flexibility index (Phi) is 5.41. The van der Waals surface area contributed by atoms with Crippen molar-refractivity contribution in [3.63, 3.8) is 0 Å². The van der Waals surface area contributed by atoms with Crippen molar-refractivity contribution in [1.29, 1.82) is 0 Å². The minimum absolute atomic E-state index is 0.148. The van der Waals surface area contributed by atoms with Gasteiger partial charge >= 0.3 is 0 Å². The number of nitrogens with zero attached hydrogens (tertiary/aromatic N) is 1. The summed E-state index contributed by atoms with van der Waals surface area (Å²) in [5.41, 5.74) is 5.50. The number of hydrogen-bond acceptors (Lipinski definition) is 4. The van der Waals surface area contributed by atoms with Crippen molar-refractivity contribution in [1.82, 2.24) is 0 Å². The maximum absolute atomic E-state index is 13.5. The third kappa shape index (κ3) is 4.11. The van der Waals surface area contributed by atoms with E-state index >= 15 is 0 Å². The van der Waals surface area contributed by atoms with Crippen LogP contribution in [0, 0.1) is 20.8 Å². The second kappa shape index (κ2) is 8.04. The number of hydrogen-bond donors (Lipinski definition) is 1. The van der Waals surface area contributed by atoms with Crippen molar-refractivity contribution in [2.75, 3.05) is 9.62 Å². The Morgan fingerprint density at radius 3 is 2.29 bits per heavy atom. The van der Waals surface area contributed by atoms with E-state index in [1.54, 1.807) is 24.3 Å². The number of benzene rings is 3. The molecule has 5 nitrogen and oxygen atoms in total. The predicted molar refractivity (Wildman–Crippen MR) is 125 cm³/mol. The number of allylic oxidation sites excluding steroid dienone is 1. The highest BCUT2D eigenvalue weighted by Gasteiger charge is 2.40. The number of nitrogens with one attached hydrogen (secondary N) is 1. The van der Waals surface area contributed by atoms with Gasteiger partial charge in [-0.2, -0.15) is 0 Å². The van der Waals surface area contributed by atoms with Gasteiger partial charge in [-0.05, 0) is 61.7 Å². The lowest BCUT2D eigenvalue weighted by molar-refractivity contribution is 0.104. The summed E-state index contributed by atoms with van der Waals surface area (Å²) in [5.74, 6) is -0.507. The number of Topliss-reactive ketones (excluding diaryl/α,β-unsaturated/α-hetero) is 1. The van der Waals surface area contributed by atoms with Gasteiger partial charge in [0, 0.05) is 17.5 Å². The lowest BCUT2D eigenvalue weighted by atomic mass is 10.1. The zero-order valence-corrected chi connectivity index (χ0v) is 18.5. The first kappa shape index (κ1) is 20.9. The summed E-state index contributed by atoms with van der Waals surface area (Å²) in [5, 5.41) is 3.02. The average Bonchev–Trinajstić information content (AvgIpc) is 2.70. The van der Waals surface area contributed by atoms with E-state index < -0.39 is 15.8 Å². The van der Waals surface area contributed by atoms with E-state index in [0.29, 0.717) is 11.3 Å². The molecule has 0 saturated heterocycles. The van der Waals surface area contributed by atoms with Crippen molar-refractivity contribution >= 4 is 27.2 Å². The minimum atomic E-state index is -4.05. The van der Waals surface area contributed by atoms with Gasteiger partial charge in [-0.25, -0.2) is 8.42 Å². The van der Waals surface area contributed by atoms with E-state index in [1.165, 1.54) is 10.5 Å². The highest BCUT2D eigenvalue weighted by molar-refractivity contribution is 7.97. The minimum Gasteiger partial charge on any atom is -0.360 e. The summed E-state index contributed by atoms with van der Waals surface area (Å²) in [4.78, 5) is 12.9. The third-order valence-electron chi connectivity index (χ3n) is 5.21. The Balaban J connectivity index is 1.79. The molecule has 0 radical (unpaired) electrons. The second-order valence-corrected chi connectivity index (χ2v) is 9.71. The largest absolute Gasteiger partial charge is 0.360 e. The van der Waals surface area contributed by atoms with Gasteiger partial charge in [0.25, 0.3) is 10.0 Å².